The molecule has 0 atom stereocenters. The van der Waals surface area contributed by atoms with E-state index in [0.29, 0.717) is 20.2 Å². The number of rotatable bonds is 6. The van der Waals surface area contributed by atoms with Crippen LogP contribution in [-0.2, 0) is 14.8 Å². The molecule has 0 saturated heterocycles. The minimum Gasteiger partial charge on any atom is -0.299 e. The molecule has 0 unspecified atom stereocenters. The summed E-state index contributed by atoms with van der Waals surface area (Å²) in [7, 11) is -3.67. The van der Waals surface area contributed by atoms with Crippen molar-refractivity contribution in [3.8, 4) is 10.6 Å². The quantitative estimate of drug-likeness (QED) is 0.551. The van der Waals surface area contributed by atoms with Gasteiger partial charge in [0.1, 0.15) is 11.6 Å². The fraction of sp³-hybridized carbons (Fsp3) is 0.118. The molecule has 0 saturated carbocycles. The summed E-state index contributed by atoms with van der Waals surface area (Å²) in [5.74, 6) is -0.528. The number of nitrogens with one attached hydrogen (secondary N) is 1. The maximum atomic E-state index is 12.4. The zero-order chi connectivity index (χ0) is 20.3. The number of carbonyl (C=O) groups excluding carboxylic acids is 1. The lowest BCUT2D eigenvalue weighted by molar-refractivity contribution is -0.114. The Kier molecular flexibility index (Phi) is 6.33. The molecular formula is C17H14BrClN4O3S2. The molecule has 1 amide bonds. The van der Waals surface area contributed by atoms with Crippen molar-refractivity contribution in [3.05, 3.63) is 58.0 Å². The lowest BCUT2D eigenvalue weighted by atomic mass is 10.2. The van der Waals surface area contributed by atoms with Gasteiger partial charge in [0.15, 0.2) is 0 Å². The van der Waals surface area contributed by atoms with E-state index in [-0.39, 0.29) is 5.13 Å². The van der Waals surface area contributed by atoms with Gasteiger partial charge in [0.05, 0.1) is 11.9 Å². The third-order valence-corrected chi connectivity index (χ3v) is 6.51. The summed E-state index contributed by atoms with van der Waals surface area (Å²) in [6.45, 7) is -0.392. The van der Waals surface area contributed by atoms with Gasteiger partial charge in [0, 0.05) is 15.1 Å². The molecule has 11 heteroatoms. The smallest absolute Gasteiger partial charge is 0.246 e. The minimum atomic E-state index is -3.67. The number of amides is 1. The number of carbonyl (C=O) groups is 1. The molecule has 0 radical (unpaired) electrons. The number of halogens is 2. The predicted molar refractivity (Wildman–Crippen MR) is 115 cm³/mol. The van der Waals surface area contributed by atoms with Gasteiger partial charge in [-0.3, -0.25) is 14.4 Å². The van der Waals surface area contributed by atoms with Crippen LogP contribution < -0.4 is 9.62 Å². The molecule has 0 aliphatic heterocycles. The van der Waals surface area contributed by atoms with Crippen molar-refractivity contribution in [2.24, 2.45) is 0 Å². The van der Waals surface area contributed by atoms with Gasteiger partial charge < -0.3 is 0 Å². The first-order valence-electron chi connectivity index (χ1n) is 7.85. The van der Waals surface area contributed by atoms with Crippen molar-refractivity contribution in [2.45, 2.75) is 0 Å². The first-order chi connectivity index (χ1) is 13.2. The average molecular weight is 502 g/mol. The van der Waals surface area contributed by atoms with E-state index in [1.807, 2.05) is 0 Å². The highest BCUT2D eigenvalue weighted by Crippen LogP contribution is 2.29. The number of hydrogen-bond acceptors (Lipinski definition) is 6. The van der Waals surface area contributed by atoms with Gasteiger partial charge in [0.2, 0.25) is 21.1 Å². The summed E-state index contributed by atoms with van der Waals surface area (Å²) >= 11 is 10.4. The monoisotopic (exact) mass is 500 g/mol. The van der Waals surface area contributed by atoms with Crippen LogP contribution in [0.25, 0.3) is 10.6 Å². The molecule has 0 aliphatic rings. The van der Waals surface area contributed by atoms with E-state index >= 15 is 0 Å². The van der Waals surface area contributed by atoms with Crippen LogP contribution in [-0.4, -0.2) is 37.3 Å². The predicted octanol–water partition coefficient (Wildman–Crippen LogP) is 4.03. The zero-order valence-corrected chi connectivity index (χ0v) is 18.4. The van der Waals surface area contributed by atoms with Crippen molar-refractivity contribution < 1.29 is 13.2 Å². The normalized spacial score (nSPS) is 11.2. The van der Waals surface area contributed by atoms with E-state index in [2.05, 4.69) is 31.4 Å². The van der Waals surface area contributed by atoms with Crippen molar-refractivity contribution in [3.63, 3.8) is 0 Å². The molecule has 3 rings (SSSR count). The lowest BCUT2D eigenvalue weighted by Gasteiger charge is -2.22. The number of benzene rings is 2. The molecule has 1 N–H and O–H groups in total. The number of para-hydroxylation sites is 1. The number of hydrogen-bond donors (Lipinski definition) is 1. The van der Waals surface area contributed by atoms with Crippen LogP contribution in [0.3, 0.4) is 0 Å². The van der Waals surface area contributed by atoms with Crippen molar-refractivity contribution in [1.82, 2.24) is 10.2 Å². The SMILES string of the molecule is CS(=O)(=O)N(CC(=O)Nc1nnc(-c2ccc(Cl)cc2)s1)c1ccccc1Br. The topological polar surface area (TPSA) is 92.3 Å². The summed E-state index contributed by atoms with van der Waals surface area (Å²) in [6, 6.07) is 13.8. The third kappa shape index (κ3) is 5.07. The van der Waals surface area contributed by atoms with Crippen LogP contribution in [0.2, 0.25) is 5.02 Å². The molecule has 0 fully saturated rings. The van der Waals surface area contributed by atoms with Crippen molar-refractivity contribution >= 4 is 65.6 Å². The van der Waals surface area contributed by atoms with Crippen molar-refractivity contribution in [1.29, 1.82) is 0 Å². The number of nitrogens with zero attached hydrogens (tertiary/aromatic N) is 3. The van der Waals surface area contributed by atoms with Crippen LogP contribution in [0, 0.1) is 0 Å². The maximum absolute atomic E-state index is 12.4. The first kappa shape index (κ1) is 20.7. The highest BCUT2D eigenvalue weighted by atomic mass is 79.9. The molecule has 0 spiro atoms. The van der Waals surface area contributed by atoms with E-state index in [4.69, 9.17) is 11.6 Å². The zero-order valence-electron chi connectivity index (χ0n) is 14.5. The Morgan fingerprint density at radius 1 is 1.18 bits per heavy atom. The Bertz CT molecular complexity index is 1100. The third-order valence-electron chi connectivity index (χ3n) is 3.57. The van der Waals surface area contributed by atoms with Gasteiger partial charge in [-0.1, -0.05) is 47.2 Å². The van der Waals surface area contributed by atoms with Crippen molar-refractivity contribution in [2.75, 3.05) is 22.4 Å². The molecule has 0 aliphatic carbocycles. The standard InChI is InChI=1S/C17H14BrClN4O3S2/c1-28(25,26)23(14-5-3-2-4-13(14)18)10-15(24)20-17-22-21-16(27-17)11-6-8-12(19)9-7-11/h2-9H,10H2,1H3,(H,20,22,24). The van der Waals surface area contributed by atoms with Gasteiger partial charge in [-0.2, -0.15) is 0 Å². The highest BCUT2D eigenvalue weighted by molar-refractivity contribution is 9.10. The fourth-order valence-electron chi connectivity index (χ4n) is 2.31. The number of aromatic nitrogens is 2. The molecule has 7 nitrogen and oxygen atoms in total. The molecule has 1 aromatic heterocycles. The van der Waals surface area contributed by atoms with E-state index < -0.39 is 22.5 Å². The second kappa shape index (κ2) is 8.56. The van der Waals surface area contributed by atoms with E-state index in [0.717, 1.165) is 16.1 Å². The van der Waals surface area contributed by atoms with E-state index in [9.17, 15) is 13.2 Å². The summed E-state index contributed by atoms with van der Waals surface area (Å²) in [5, 5.41) is 12.1. The second-order valence-corrected chi connectivity index (χ2v) is 9.86. The summed E-state index contributed by atoms with van der Waals surface area (Å²) in [5.41, 5.74) is 1.19. The Hall–Kier alpha value is -2.01. The van der Waals surface area contributed by atoms with Crippen LogP contribution >= 0.6 is 38.9 Å². The summed E-state index contributed by atoms with van der Waals surface area (Å²) in [4.78, 5) is 12.4. The molecule has 1 heterocycles. The van der Waals surface area contributed by atoms with Crippen LogP contribution in [0.4, 0.5) is 10.8 Å². The summed E-state index contributed by atoms with van der Waals surface area (Å²) in [6.07, 6.45) is 1.04. The van der Waals surface area contributed by atoms with Gasteiger partial charge in [0.25, 0.3) is 0 Å². The van der Waals surface area contributed by atoms with Gasteiger partial charge >= 0.3 is 0 Å². The molecule has 146 valence electrons. The Labute approximate surface area is 179 Å². The Balaban J connectivity index is 1.75. The van der Waals surface area contributed by atoms with Gasteiger partial charge in [-0.15, -0.1) is 10.2 Å². The van der Waals surface area contributed by atoms with Gasteiger partial charge in [-0.25, -0.2) is 8.42 Å². The lowest BCUT2D eigenvalue weighted by Crippen LogP contribution is -2.37. The van der Waals surface area contributed by atoms with Crippen LogP contribution in [0.15, 0.2) is 53.0 Å². The Morgan fingerprint density at radius 3 is 2.50 bits per heavy atom. The number of anilines is 2. The second-order valence-electron chi connectivity index (χ2n) is 5.69. The van der Waals surface area contributed by atoms with E-state index in [1.165, 1.54) is 11.3 Å². The number of sulfonamides is 1. The average Bonchev–Trinajstić information content (AvgIpc) is 3.08. The fourth-order valence-corrected chi connectivity index (χ4v) is 4.68. The van der Waals surface area contributed by atoms with Gasteiger partial charge in [-0.05, 0) is 40.2 Å². The largest absolute Gasteiger partial charge is 0.299 e. The molecule has 28 heavy (non-hydrogen) atoms. The molecule has 0 bridgehead atoms. The Morgan fingerprint density at radius 2 is 1.86 bits per heavy atom. The van der Waals surface area contributed by atoms with Crippen LogP contribution in [0.5, 0.6) is 0 Å². The molecule has 3 aromatic rings. The molecule has 2 aromatic carbocycles. The van der Waals surface area contributed by atoms with Crippen LogP contribution in [0.1, 0.15) is 0 Å². The summed E-state index contributed by atoms with van der Waals surface area (Å²) < 4.78 is 25.9. The first-order valence-corrected chi connectivity index (χ1v) is 11.7. The maximum Gasteiger partial charge on any atom is 0.246 e. The minimum absolute atomic E-state index is 0.274. The van der Waals surface area contributed by atoms with E-state index in [1.54, 1.807) is 48.5 Å². The highest BCUT2D eigenvalue weighted by Gasteiger charge is 2.23. The molecular weight excluding hydrogens is 488 g/mol.